The van der Waals surface area contributed by atoms with Crippen molar-refractivity contribution in [2.45, 2.75) is 12.5 Å². The molecule has 0 unspecified atom stereocenters. The number of nitrogens with one attached hydrogen (secondary N) is 1. The number of halogens is 1. The van der Waals surface area contributed by atoms with Crippen molar-refractivity contribution in [2.75, 3.05) is 26.8 Å². The Morgan fingerprint density at radius 1 is 1.35 bits per heavy atom. The summed E-state index contributed by atoms with van der Waals surface area (Å²) in [5.74, 6) is -0.245. The maximum Gasteiger partial charge on any atom is 0.318 e. The molecule has 3 rings (SSSR count). The number of methoxy groups -OCH3 is 1. The molecule has 0 saturated carbocycles. The second-order valence-electron chi connectivity index (χ2n) is 6.27. The van der Waals surface area contributed by atoms with Gasteiger partial charge in [0.1, 0.15) is 5.82 Å². The van der Waals surface area contributed by atoms with Crippen LogP contribution in [0.25, 0.3) is 5.57 Å². The summed E-state index contributed by atoms with van der Waals surface area (Å²) >= 11 is 0. The maximum atomic E-state index is 13.1. The molecule has 0 fully saturated rings. The molecule has 138 valence electrons. The summed E-state index contributed by atoms with van der Waals surface area (Å²) < 4.78 is 20.0. The fourth-order valence-corrected chi connectivity index (χ4v) is 3.11. The molecule has 6 nitrogen and oxygen atoms in total. The molecule has 0 radical (unpaired) electrons. The zero-order chi connectivity index (χ0) is 18.5. The summed E-state index contributed by atoms with van der Waals surface area (Å²) in [5.41, 5.74) is 3.02. The quantitative estimate of drug-likeness (QED) is 0.894. The Hall–Kier alpha value is -2.67. The Bertz CT molecular complexity index is 785. The van der Waals surface area contributed by atoms with Crippen LogP contribution in [0.3, 0.4) is 0 Å². The van der Waals surface area contributed by atoms with Gasteiger partial charge in [-0.15, -0.1) is 0 Å². The summed E-state index contributed by atoms with van der Waals surface area (Å²) in [6.45, 7) is 1.50. The van der Waals surface area contributed by atoms with Gasteiger partial charge in [-0.1, -0.05) is 18.2 Å². The van der Waals surface area contributed by atoms with Gasteiger partial charge in [0.05, 0.1) is 18.3 Å². The Balaban J connectivity index is 1.63. The number of hydrogen-bond donors (Lipinski definition) is 1. The van der Waals surface area contributed by atoms with Gasteiger partial charge >= 0.3 is 6.03 Å². The molecule has 1 N–H and O–H groups in total. The minimum Gasteiger partial charge on any atom is -0.382 e. The molecule has 2 amide bonds. The highest BCUT2D eigenvalue weighted by Gasteiger charge is 2.23. The van der Waals surface area contributed by atoms with Crippen molar-refractivity contribution in [3.8, 4) is 0 Å². The fraction of sp³-hybridized carbons (Fsp3) is 0.368. The van der Waals surface area contributed by atoms with Crippen molar-refractivity contribution < 1.29 is 13.9 Å². The van der Waals surface area contributed by atoms with Crippen molar-refractivity contribution >= 4 is 11.6 Å². The molecular formula is C19H23FN4O2. The summed E-state index contributed by atoms with van der Waals surface area (Å²) in [6.07, 6.45) is 4.45. The van der Waals surface area contributed by atoms with E-state index in [1.54, 1.807) is 35.0 Å². The van der Waals surface area contributed by atoms with Crippen LogP contribution in [0.4, 0.5) is 9.18 Å². The van der Waals surface area contributed by atoms with Crippen LogP contribution in [0, 0.1) is 5.82 Å². The predicted octanol–water partition coefficient (Wildman–Crippen LogP) is 2.75. The molecule has 1 atom stereocenters. The number of aryl methyl sites for hydroxylation is 1. The van der Waals surface area contributed by atoms with E-state index in [0.29, 0.717) is 19.7 Å². The van der Waals surface area contributed by atoms with Gasteiger partial charge in [-0.25, -0.2) is 9.18 Å². The highest BCUT2D eigenvalue weighted by molar-refractivity contribution is 5.77. The van der Waals surface area contributed by atoms with E-state index >= 15 is 0 Å². The van der Waals surface area contributed by atoms with Crippen LogP contribution in [0.1, 0.15) is 23.7 Å². The largest absolute Gasteiger partial charge is 0.382 e. The van der Waals surface area contributed by atoms with E-state index in [0.717, 1.165) is 23.3 Å². The highest BCUT2D eigenvalue weighted by Crippen LogP contribution is 2.23. The molecule has 26 heavy (non-hydrogen) atoms. The fourth-order valence-electron chi connectivity index (χ4n) is 3.11. The number of benzene rings is 1. The predicted molar refractivity (Wildman–Crippen MR) is 96.9 cm³/mol. The monoisotopic (exact) mass is 358 g/mol. The van der Waals surface area contributed by atoms with Gasteiger partial charge < -0.3 is 15.0 Å². The van der Waals surface area contributed by atoms with Gasteiger partial charge in [0.2, 0.25) is 0 Å². The van der Waals surface area contributed by atoms with E-state index in [1.165, 1.54) is 12.1 Å². The summed E-state index contributed by atoms with van der Waals surface area (Å²) in [6, 6.07) is 7.93. The zero-order valence-electron chi connectivity index (χ0n) is 15.0. The minimum atomic E-state index is -0.262. The number of carbonyl (C=O) groups is 1. The molecule has 1 aliphatic heterocycles. The number of carbonyl (C=O) groups excluding carboxylic acids is 1. The van der Waals surface area contributed by atoms with Crippen molar-refractivity contribution in [3.05, 3.63) is 59.7 Å². The molecule has 1 aromatic carbocycles. The first-order valence-electron chi connectivity index (χ1n) is 8.55. The molecule has 0 saturated heterocycles. The van der Waals surface area contributed by atoms with Crippen LogP contribution in [-0.4, -0.2) is 47.5 Å². The van der Waals surface area contributed by atoms with E-state index in [2.05, 4.69) is 10.4 Å². The Kier molecular flexibility index (Phi) is 5.68. The number of urea groups is 1. The van der Waals surface area contributed by atoms with Crippen molar-refractivity contribution in [1.29, 1.82) is 0 Å². The van der Waals surface area contributed by atoms with E-state index in [-0.39, 0.29) is 17.9 Å². The second-order valence-corrected chi connectivity index (χ2v) is 6.27. The van der Waals surface area contributed by atoms with E-state index < -0.39 is 0 Å². The lowest BCUT2D eigenvalue weighted by Gasteiger charge is -2.29. The number of amides is 2. The zero-order valence-corrected chi connectivity index (χ0v) is 15.0. The number of ether oxygens (including phenoxy) is 1. The van der Waals surface area contributed by atoms with Crippen LogP contribution in [0.2, 0.25) is 0 Å². The van der Waals surface area contributed by atoms with Crippen LogP contribution >= 0.6 is 0 Å². The van der Waals surface area contributed by atoms with Gasteiger partial charge in [-0.2, -0.15) is 5.10 Å². The van der Waals surface area contributed by atoms with Gasteiger partial charge in [-0.3, -0.25) is 4.68 Å². The third-order valence-corrected chi connectivity index (χ3v) is 4.56. The molecule has 0 bridgehead atoms. The van der Waals surface area contributed by atoms with Gasteiger partial charge in [-0.05, 0) is 35.8 Å². The van der Waals surface area contributed by atoms with Gasteiger partial charge in [0.15, 0.2) is 0 Å². The number of rotatable bonds is 5. The number of nitrogens with zero attached hydrogens (tertiary/aromatic N) is 3. The minimum absolute atomic E-state index is 0.136. The summed E-state index contributed by atoms with van der Waals surface area (Å²) in [7, 11) is 3.44. The number of hydrogen-bond acceptors (Lipinski definition) is 3. The van der Waals surface area contributed by atoms with E-state index in [9.17, 15) is 9.18 Å². The molecule has 2 heterocycles. The molecule has 1 aromatic heterocycles. The third kappa shape index (κ3) is 4.11. The topological polar surface area (TPSA) is 59.4 Å². The smallest absolute Gasteiger partial charge is 0.318 e. The second kappa shape index (κ2) is 8.14. The lowest BCUT2D eigenvalue weighted by molar-refractivity contribution is 0.153. The average Bonchev–Trinajstić information content (AvgIpc) is 3.08. The third-order valence-electron chi connectivity index (χ3n) is 4.56. The first kappa shape index (κ1) is 18.1. The average molecular weight is 358 g/mol. The maximum absolute atomic E-state index is 13.1. The van der Waals surface area contributed by atoms with E-state index in [1.807, 2.05) is 19.2 Å². The van der Waals surface area contributed by atoms with Crippen molar-refractivity contribution in [1.82, 2.24) is 20.0 Å². The lowest BCUT2D eigenvalue weighted by Crippen LogP contribution is -2.44. The van der Waals surface area contributed by atoms with Crippen LogP contribution in [0.15, 0.2) is 42.6 Å². The van der Waals surface area contributed by atoms with Crippen molar-refractivity contribution in [2.24, 2.45) is 7.05 Å². The standard InChI is InChI=1S/C19H23FN4O2/c1-23-18(7-10-21-23)17(13-26-2)22-19(25)24-11-8-15(9-12-24)14-3-5-16(20)6-4-14/h3-8,10,17H,9,11-13H2,1-2H3,(H,22,25)/t17-/m1/s1. The Morgan fingerprint density at radius 2 is 2.12 bits per heavy atom. The summed E-state index contributed by atoms with van der Waals surface area (Å²) in [4.78, 5) is 14.4. The molecule has 1 aliphatic rings. The molecule has 2 aromatic rings. The van der Waals surface area contributed by atoms with Crippen molar-refractivity contribution in [3.63, 3.8) is 0 Å². The normalized spacial score (nSPS) is 15.5. The highest BCUT2D eigenvalue weighted by atomic mass is 19.1. The van der Waals surface area contributed by atoms with Crippen LogP contribution in [-0.2, 0) is 11.8 Å². The molecular weight excluding hydrogens is 335 g/mol. The molecule has 7 heteroatoms. The Morgan fingerprint density at radius 3 is 2.69 bits per heavy atom. The molecule has 0 aliphatic carbocycles. The van der Waals surface area contributed by atoms with E-state index in [4.69, 9.17) is 4.74 Å². The van der Waals surface area contributed by atoms with Gasteiger partial charge in [0.25, 0.3) is 0 Å². The molecule has 0 spiro atoms. The Labute approximate surface area is 152 Å². The number of aromatic nitrogens is 2. The first-order chi connectivity index (χ1) is 12.6. The van der Waals surface area contributed by atoms with Crippen LogP contribution < -0.4 is 5.32 Å². The first-order valence-corrected chi connectivity index (χ1v) is 8.55. The van der Waals surface area contributed by atoms with Gasteiger partial charge in [0, 0.05) is 33.4 Å². The lowest BCUT2D eigenvalue weighted by atomic mass is 10.00. The van der Waals surface area contributed by atoms with Crippen LogP contribution in [0.5, 0.6) is 0 Å². The SMILES string of the molecule is COC[C@@H](NC(=O)N1CC=C(c2ccc(F)cc2)CC1)c1ccnn1C. The summed E-state index contributed by atoms with van der Waals surface area (Å²) in [5, 5.41) is 7.16.